The number of carbonyl (C=O) groups excluding carboxylic acids is 2. The highest BCUT2D eigenvalue weighted by atomic mass is 16.5. The van der Waals surface area contributed by atoms with E-state index in [0.29, 0.717) is 6.54 Å². The highest BCUT2D eigenvalue weighted by Crippen LogP contribution is 2.37. The van der Waals surface area contributed by atoms with E-state index in [1.54, 1.807) is 0 Å². The van der Waals surface area contributed by atoms with E-state index in [9.17, 15) is 9.59 Å². The smallest absolute Gasteiger partial charge is 0.323 e. The van der Waals surface area contributed by atoms with Crippen molar-refractivity contribution in [2.24, 2.45) is 5.92 Å². The van der Waals surface area contributed by atoms with Crippen LogP contribution in [0.25, 0.3) is 0 Å². The Balaban J connectivity index is 2.37. The van der Waals surface area contributed by atoms with Crippen LogP contribution in [0.3, 0.4) is 0 Å². The summed E-state index contributed by atoms with van der Waals surface area (Å²) < 4.78 is 9.71. The molecule has 1 saturated heterocycles. The van der Waals surface area contributed by atoms with E-state index in [1.165, 1.54) is 14.2 Å². The monoisotopic (exact) mass is 277 g/mol. The molecule has 20 heavy (non-hydrogen) atoms. The van der Waals surface area contributed by atoms with Crippen LogP contribution in [-0.2, 0) is 19.1 Å². The van der Waals surface area contributed by atoms with Crippen LogP contribution in [0.1, 0.15) is 11.5 Å². The number of methoxy groups -OCH3 is 2. The minimum Gasteiger partial charge on any atom is -0.469 e. The molecular weight excluding hydrogens is 258 g/mol. The van der Waals surface area contributed by atoms with Crippen LogP contribution in [0.5, 0.6) is 0 Å². The van der Waals surface area contributed by atoms with Gasteiger partial charge in [0.25, 0.3) is 0 Å². The number of likely N-dealkylation sites (tertiary alicyclic amines) is 1. The molecule has 0 aliphatic carbocycles. The SMILES string of the molecule is COC(=O)C1[C@@H](C(=O)OC)[C@H](c2ccccc2)CN1C. The number of nitrogens with zero attached hydrogens (tertiary/aromatic N) is 1. The number of benzene rings is 1. The molecule has 0 saturated carbocycles. The van der Waals surface area contributed by atoms with Crippen molar-refractivity contribution in [1.82, 2.24) is 4.90 Å². The third-order valence-electron chi connectivity index (χ3n) is 3.88. The van der Waals surface area contributed by atoms with E-state index in [0.717, 1.165) is 5.56 Å². The Bertz CT molecular complexity index is 488. The molecule has 1 heterocycles. The van der Waals surface area contributed by atoms with Gasteiger partial charge in [0.15, 0.2) is 0 Å². The molecule has 1 unspecified atom stereocenters. The second kappa shape index (κ2) is 6.05. The van der Waals surface area contributed by atoms with Gasteiger partial charge in [-0.15, -0.1) is 0 Å². The third kappa shape index (κ3) is 2.54. The molecule has 2 rings (SSSR count). The van der Waals surface area contributed by atoms with Gasteiger partial charge in [-0.25, -0.2) is 0 Å². The summed E-state index contributed by atoms with van der Waals surface area (Å²) in [5, 5.41) is 0. The fourth-order valence-corrected chi connectivity index (χ4v) is 2.92. The maximum Gasteiger partial charge on any atom is 0.323 e. The van der Waals surface area contributed by atoms with Crippen molar-refractivity contribution < 1.29 is 19.1 Å². The van der Waals surface area contributed by atoms with Gasteiger partial charge in [0.05, 0.1) is 20.1 Å². The Hall–Kier alpha value is -1.88. The number of rotatable bonds is 3. The van der Waals surface area contributed by atoms with Gasteiger partial charge < -0.3 is 9.47 Å². The number of likely N-dealkylation sites (N-methyl/N-ethyl adjacent to an activating group) is 1. The van der Waals surface area contributed by atoms with Crippen LogP contribution < -0.4 is 0 Å². The van der Waals surface area contributed by atoms with E-state index in [2.05, 4.69) is 0 Å². The average Bonchev–Trinajstić information content (AvgIpc) is 2.84. The Morgan fingerprint density at radius 3 is 2.25 bits per heavy atom. The van der Waals surface area contributed by atoms with Crippen molar-refractivity contribution in [1.29, 1.82) is 0 Å². The minimum atomic E-state index is -0.599. The van der Waals surface area contributed by atoms with E-state index >= 15 is 0 Å². The van der Waals surface area contributed by atoms with Crippen molar-refractivity contribution >= 4 is 11.9 Å². The summed E-state index contributed by atoms with van der Waals surface area (Å²) in [5.74, 6) is -1.39. The molecule has 0 aromatic heterocycles. The highest BCUT2D eigenvalue weighted by molar-refractivity contribution is 5.86. The molecule has 0 N–H and O–H groups in total. The predicted octanol–water partition coefficient (Wildman–Crippen LogP) is 1.05. The molecule has 1 aromatic rings. The molecule has 0 radical (unpaired) electrons. The fraction of sp³-hybridized carbons (Fsp3) is 0.467. The molecule has 1 aliphatic heterocycles. The van der Waals surface area contributed by atoms with Crippen molar-refractivity contribution in [2.75, 3.05) is 27.8 Å². The molecule has 5 heteroatoms. The number of hydrogen-bond acceptors (Lipinski definition) is 5. The molecule has 1 aliphatic rings. The van der Waals surface area contributed by atoms with Crippen LogP contribution >= 0.6 is 0 Å². The van der Waals surface area contributed by atoms with Crippen LogP contribution in [0.15, 0.2) is 30.3 Å². The molecule has 1 aromatic carbocycles. The Kier molecular flexibility index (Phi) is 4.39. The summed E-state index contributed by atoms with van der Waals surface area (Å²) in [6, 6.07) is 9.11. The van der Waals surface area contributed by atoms with E-state index < -0.39 is 17.9 Å². The number of hydrogen-bond donors (Lipinski definition) is 0. The largest absolute Gasteiger partial charge is 0.469 e. The lowest BCUT2D eigenvalue weighted by Crippen LogP contribution is -2.41. The first-order valence-electron chi connectivity index (χ1n) is 6.51. The van der Waals surface area contributed by atoms with Gasteiger partial charge in [-0.05, 0) is 12.6 Å². The highest BCUT2D eigenvalue weighted by Gasteiger charge is 2.49. The molecular formula is C15H19NO4. The minimum absolute atomic E-state index is 0.0715. The van der Waals surface area contributed by atoms with Gasteiger partial charge in [-0.2, -0.15) is 0 Å². The lowest BCUT2D eigenvalue weighted by molar-refractivity contribution is -0.155. The van der Waals surface area contributed by atoms with E-state index in [1.807, 2.05) is 42.3 Å². The fourth-order valence-electron chi connectivity index (χ4n) is 2.92. The molecule has 0 amide bonds. The zero-order valence-corrected chi connectivity index (χ0v) is 11.9. The first-order valence-corrected chi connectivity index (χ1v) is 6.51. The maximum absolute atomic E-state index is 12.1. The van der Waals surface area contributed by atoms with Gasteiger partial charge in [0.2, 0.25) is 0 Å². The summed E-state index contributed by atoms with van der Waals surface area (Å²) >= 11 is 0. The topological polar surface area (TPSA) is 55.8 Å². The molecule has 1 fully saturated rings. The molecule has 3 atom stereocenters. The van der Waals surface area contributed by atoms with Crippen LogP contribution in [0.2, 0.25) is 0 Å². The van der Waals surface area contributed by atoms with E-state index in [-0.39, 0.29) is 11.9 Å². The second-order valence-electron chi connectivity index (χ2n) is 4.97. The standard InChI is InChI=1S/C15H19NO4/c1-16-9-11(10-7-5-4-6-8-10)12(14(17)19-2)13(16)15(18)20-3/h4-8,11-13H,9H2,1-3H3/t11-,12-,13?/m0/s1. The summed E-state index contributed by atoms with van der Waals surface area (Å²) in [7, 11) is 4.50. The van der Waals surface area contributed by atoms with Gasteiger partial charge >= 0.3 is 11.9 Å². The lowest BCUT2D eigenvalue weighted by Gasteiger charge is -2.22. The summed E-state index contributed by atoms with van der Waals surface area (Å²) in [4.78, 5) is 25.9. The number of esters is 2. The molecule has 0 bridgehead atoms. The lowest BCUT2D eigenvalue weighted by atomic mass is 9.85. The van der Waals surface area contributed by atoms with Gasteiger partial charge in [-0.1, -0.05) is 30.3 Å². The van der Waals surface area contributed by atoms with Crippen molar-refractivity contribution in [3.05, 3.63) is 35.9 Å². The van der Waals surface area contributed by atoms with Gasteiger partial charge in [0.1, 0.15) is 6.04 Å². The normalized spacial score (nSPS) is 26.2. The summed E-state index contributed by atoms with van der Waals surface area (Å²) in [5.41, 5.74) is 1.03. The van der Waals surface area contributed by atoms with Crippen molar-refractivity contribution in [2.45, 2.75) is 12.0 Å². The Labute approximate surface area is 118 Å². The van der Waals surface area contributed by atoms with E-state index in [4.69, 9.17) is 9.47 Å². The second-order valence-corrected chi connectivity index (χ2v) is 4.97. The maximum atomic E-state index is 12.1. The molecule has 108 valence electrons. The van der Waals surface area contributed by atoms with Crippen LogP contribution in [-0.4, -0.2) is 50.7 Å². The van der Waals surface area contributed by atoms with Crippen LogP contribution in [0, 0.1) is 5.92 Å². The Morgan fingerprint density at radius 2 is 1.70 bits per heavy atom. The zero-order valence-electron chi connectivity index (χ0n) is 11.9. The first kappa shape index (κ1) is 14.5. The summed E-state index contributed by atoms with van der Waals surface area (Å²) in [6.45, 7) is 0.615. The van der Waals surface area contributed by atoms with Gasteiger partial charge in [0, 0.05) is 12.5 Å². The van der Waals surface area contributed by atoms with Crippen LogP contribution in [0.4, 0.5) is 0 Å². The molecule has 5 nitrogen and oxygen atoms in total. The first-order chi connectivity index (χ1) is 9.60. The third-order valence-corrected chi connectivity index (χ3v) is 3.88. The van der Waals surface area contributed by atoms with Gasteiger partial charge in [-0.3, -0.25) is 14.5 Å². The number of ether oxygens (including phenoxy) is 2. The quantitative estimate of drug-likeness (QED) is 0.773. The summed E-state index contributed by atoms with van der Waals surface area (Å²) in [6.07, 6.45) is 0. The predicted molar refractivity (Wildman–Crippen MR) is 73.1 cm³/mol. The average molecular weight is 277 g/mol. The number of carbonyl (C=O) groups is 2. The Morgan fingerprint density at radius 1 is 1.10 bits per heavy atom. The van der Waals surface area contributed by atoms with Crippen molar-refractivity contribution in [3.63, 3.8) is 0 Å². The molecule has 0 spiro atoms. The van der Waals surface area contributed by atoms with Crippen molar-refractivity contribution in [3.8, 4) is 0 Å². The zero-order chi connectivity index (χ0) is 14.7.